The zero-order valence-corrected chi connectivity index (χ0v) is 10.1. The molecule has 3 aliphatic rings. The summed E-state index contributed by atoms with van der Waals surface area (Å²) in [6.07, 6.45) is 8.74. The molecular formula is C14H20N2O. The van der Waals surface area contributed by atoms with Gasteiger partial charge in [0.25, 0.3) is 0 Å². The van der Waals surface area contributed by atoms with Crippen LogP contribution in [0, 0.1) is 11.8 Å². The Morgan fingerprint density at radius 1 is 1.59 bits per heavy atom. The van der Waals surface area contributed by atoms with Gasteiger partial charge in [0.05, 0.1) is 0 Å². The van der Waals surface area contributed by atoms with Gasteiger partial charge in [-0.3, -0.25) is 4.79 Å². The number of nitrogens with one attached hydrogen (secondary N) is 1. The van der Waals surface area contributed by atoms with E-state index >= 15 is 0 Å². The predicted octanol–water partition coefficient (Wildman–Crippen LogP) is 1.33. The number of nitrogens with zero attached hydrogens (tertiary/aromatic N) is 1. The molecule has 92 valence electrons. The van der Waals surface area contributed by atoms with Crippen molar-refractivity contribution in [2.45, 2.75) is 31.3 Å². The van der Waals surface area contributed by atoms with E-state index in [1.807, 2.05) is 12.3 Å². The molecule has 3 heteroatoms. The van der Waals surface area contributed by atoms with Crippen LogP contribution in [0.3, 0.4) is 0 Å². The molecule has 3 aliphatic heterocycles. The van der Waals surface area contributed by atoms with E-state index in [0.29, 0.717) is 24.4 Å². The van der Waals surface area contributed by atoms with Crippen molar-refractivity contribution in [1.82, 2.24) is 10.2 Å². The third-order valence-electron chi connectivity index (χ3n) is 4.46. The van der Waals surface area contributed by atoms with Crippen LogP contribution in [0.1, 0.15) is 19.3 Å². The molecule has 1 N–H and O–H groups in total. The van der Waals surface area contributed by atoms with Gasteiger partial charge in [0.15, 0.2) is 5.78 Å². The standard InChI is InChI=1S/C14H20N2O/c1-2-3-13-12-6-10(8-15-13)9-16-5-4-11(17)7-14(12)16/h2,4-5,10,12-15H,1,3,6-9H2/t10-,12-,13-,14-/m1/s1. The maximum atomic E-state index is 11.6. The molecule has 3 heterocycles. The number of carbonyl (C=O) groups excluding carboxylic acids is 1. The smallest absolute Gasteiger partial charge is 0.159 e. The Hall–Kier alpha value is -1.09. The monoisotopic (exact) mass is 232 g/mol. The van der Waals surface area contributed by atoms with Crippen LogP contribution in [-0.4, -0.2) is 35.9 Å². The van der Waals surface area contributed by atoms with Gasteiger partial charge in [-0.15, -0.1) is 6.58 Å². The number of fused-ring (bicyclic) bond motifs is 4. The number of hydrogen-bond donors (Lipinski definition) is 1. The third kappa shape index (κ3) is 1.93. The molecule has 0 aliphatic carbocycles. The molecule has 2 bridgehead atoms. The second-order valence-electron chi connectivity index (χ2n) is 5.56. The van der Waals surface area contributed by atoms with E-state index in [-0.39, 0.29) is 5.78 Å². The molecular weight excluding hydrogens is 212 g/mol. The maximum Gasteiger partial charge on any atom is 0.159 e. The van der Waals surface area contributed by atoms with Gasteiger partial charge in [-0.25, -0.2) is 0 Å². The number of ketones is 1. The van der Waals surface area contributed by atoms with Crippen molar-refractivity contribution >= 4 is 5.78 Å². The Balaban J connectivity index is 1.83. The predicted molar refractivity (Wildman–Crippen MR) is 67.5 cm³/mol. The maximum absolute atomic E-state index is 11.6. The van der Waals surface area contributed by atoms with Gasteiger partial charge < -0.3 is 10.2 Å². The van der Waals surface area contributed by atoms with Crippen LogP contribution in [0.5, 0.6) is 0 Å². The first-order valence-electron chi connectivity index (χ1n) is 6.59. The molecule has 4 atom stereocenters. The van der Waals surface area contributed by atoms with Crippen LogP contribution in [0.25, 0.3) is 0 Å². The second kappa shape index (κ2) is 4.30. The van der Waals surface area contributed by atoms with Crippen molar-refractivity contribution in [1.29, 1.82) is 0 Å². The highest BCUT2D eigenvalue weighted by Gasteiger charge is 2.43. The lowest BCUT2D eigenvalue weighted by Crippen LogP contribution is -2.60. The Kier molecular flexibility index (Phi) is 2.79. The average Bonchev–Trinajstić information content (AvgIpc) is 2.34. The molecule has 0 radical (unpaired) electrons. The topological polar surface area (TPSA) is 32.3 Å². The first-order valence-corrected chi connectivity index (χ1v) is 6.59. The lowest BCUT2D eigenvalue weighted by Gasteiger charge is -2.51. The summed E-state index contributed by atoms with van der Waals surface area (Å²) in [7, 11) is 0. The molecule has 3 rings (SSSR count). The van der Waals surface area contributed by atoms with Crippen LogP contribution in [0.15, 0.2) is 24.9 Å². The fourth-order valence-corrected chi connectivity index (χ4v) is 3.68. The van der Waals surface area contributed by atoms with Crippen molar-refractivity contribution < 1.29 is 4.79 Å². The summed E-state index contributed by atoms with van der Waals surface area (Å²) in [5.41, 5.74) is 0. The van der Waals surface area contributed by atoms with Gasteiger partial charge in [-0.1, -0.05) is 6.08 Å². The highest BCUT2D eigenvalue weighted by atomic mass is 16.1. The lowest BCUT2D eigenvalue weighted by atomic mass is 9.72. The van der Waals surface area contributed by atoms with Crippen molar-refractivity contribution in [3.63, 3.8) is 0 Å². The van der Waals surface area contributed by atoms with Gasteiger partial charge in [0.2, 0.25) is 0 Å². The second-order valence-corrected chi connectivity index (χ2v) is 5.56. The number of hydrogen-bond acceptors (Lipinski definition) is 3. The molecule has 0 aromatic heterocycles. The molecule has 3 nitrogen and oxygen atoms in total. The van der Waals surface area contributed by atoms with Crippen LogP contribution < -0.4 is 5.32 Å². The highest BCUT2D eigenvalue weighted by Crippen LogP contribution is 2.37. The summed E-state index contributed by atoms with van der Waals surface area (Å²) >= 11 is 0. The van der Waals surface area contributed by atoms with Gasteiger partial charge in [0.1, 0.15) is 0 Å². The van der Waals surface area contributed by atoms with Crippen molar-refractivity contribution in [2.24, 2.45) is 11.8 Å². The summed E-state index contributed by atoms with van der Waals surface area (Å²) < 4.78 is 0. The Labute approximate surface area is 103 Å². The fourth-order valence-electron chi connectivity index (χ4n) is 3.68. The Morgan fingerprint density at radius 3 is 3.29 bits per heavy atom. The molecule has 2 fully saturated rings. The zero-order chi connectivity index (χ0) is 11.8. The minimum atomic E-state index is 0.285. The third-order valence-corrected chi connectivity index (χ3v) is 4.46. The summed E-state index contributed by atoms with van der Waals surface area (Å²) in [5.74, 6) is 1.64. The first-order chi connectivity index (χ1) is 8.28. The van der Waals surface area contributed by atoms with Crippen molar-refractivity contribution in [3.05, 3.63) is 24.9 Å². The minimum Gasteiger partial charge on any atom is -0.373 e. The van der Waals surface area contributed by atoms with E-state index in [0.717, 1.165) is 25.4 Å². The number of carbonyl (C=O) groups is 1. The normalized spacial score (nSPS) is 40.0. The van der Waals surface area contributed by atoms with Crippen molar-refractivity contribution in [3.8, 4) is 0 Å². The van der Waals surface area contributed by atoms with E-state index in [4.69, 9.17) is 0 Å². The summed E-state index contributed by atoms with van der Waals surface area (Å²) in [4.78, 5) is 14.0. The molecule has 0 amide bonds. The molecule has 2 saturated heterocycles. The van der Waals surface area contributed by atoms with Gasteiger partial charge in [0, 0.05) is 31.2 Å². The molecule has 17 heavy (non-hydrogen) atoms. The Morgan fingerprint density at radius 2 is 2.47 bits per heavy atom. The van der Waals surface area contributed by atoms with Crippen LogP contribution in [0.2, 0.25) is 0 Å². The lowest BCUT2D eigenvalue weighted by molar-refractivity contribution is -0.118. The summed E-state index contributed by atoms with van der Waals surface area (Å²) in [6, 6.07) is 0.928. The number of rotatable bonds is 2. The van der Waals surface area contributed by atoms with Gasteiger partial charge in [-0.2, -0.15) is 0 Å². The van der Waals surface area contributed by atoms with Crippen LogP contribution in [-0.2, 0) is 4.79 Å². The SMILES string of the molecule is C=CC[C@H]1NC[C@H]2C[C@H]1[C@H]1CC(=O)C=CN1C2. The number of piperidine rings is 2. The van der Waals surface area contributed by atoms with E-state index in [2.05, 4.69) is 16.8 Å². The first kappa shape index (κ1) is 11.0. The highest BCUT2D eigenvalue weighted by molar-refractivity contribution is 5.90. The van der Waals surface area contributed by atoms with Gasteiger partial charge >= 0.3 is 0 Å². The summed E-state index contributed by atoms with van der Waals surface area (Å²) in [6.45, 7) is 6.07. The average molecular weight is 232 g/mol. The summed E-state index contributed by atoms with van der Waals surface area (Å²) in [5, 5.41) is 3.64. The van der Waals surface area contributed by atoms with E-state index in [1.165, 1.54) is 6.42 Å². The zero-order valence-electron chi connectivity index (χ0n) is 10.1. The Bertz CT molecular complexity index is 363. The largest absolute Gasteiger partial charge is 0.373 e. The molecule has 0 aromatic rings. The quantitative estimate of drug-likeness (QED) is 0.729. The molecule has 0 spiro atoms. The molecule has 0 saturated carbocycles. The van der Waals surface area contributed by atoms with E-state index in [1.54, 1.807) is 6.08 Å². The molecule has 0 aromatic carbocycles. The van der Waals surface area contributed by atoms with Crippen LogP contribution >= 0.6 is 0 Å². The number of allylic oxidation sites excluding steroid dienone is 1. The fraction of sp³-hybridized carbons (Fsp3) is 0.643. The van der Waals surface area contributed by atoms with E-state index < -0.39 is 0 Å². The van der Waals surface area contributed by atoms with Gasteiger partial charge in [-0.05, 0) is 37.3 Å². The minimum absolute atomic E-state index is 0.285. The van der Waals surface area contributed by atoms with E-state index in [9.17, 15) is 4.79 Å². The van der Waals surface area contributed by atoms with Crippen LogP contribution in [0.4, 0.5) is 0 Å². The van der Waals surface area contributed by atoms with Crippen molar-refractivity contribution in [2.75, 3.05) is 13.1 Å². The molecule has 0 unspecified atom stereocenters.